The zero-order valence-corrected chi connectivity index (χ0v) is 15.6. The normalized spacial score (nSPS) is 24.2. The van der Waals surface area contributed by atoms with E-state index in [1.807, 2.05) is 4.90 Å². The van der Waals surface area contributed by atoms with Crippen molar-refractivity contribution in [3.8, 4) is 0 Å². The first-order chi connectivity index (χ1) is 13.1. The molecule has 1 aromatic rings. The van der Waals surface area contributed by atoms with E-state index in [2.05, 4.69) is 15.5 Å². The van der Waals surface area contributed by atoms with Gasteiger partial charge < -0.3 is 20.4 Å². The number of benzene rings is 1. The van der Waals surface area contributed by atoms with Crippen molar-refractivity contribution in [3.05, 3.63) is 29.8 Å². The van der Waals surface area contributed by atoms with Crippen LogP contribution in [0.15, 0.2) is 18.2 Å². The summed E-state index contributed by atoms with van der Waals surface area (Å²) in [4.78, 5) is 16.8. The van der Waals surface area contributed by atoms with Crippen LogP contribution in [0.3, 0.4) is 0 Å². The van der Waals surface area contributed by atoms with Crippen LogP contribution in [0.2, 0.25) is 0 Å². The summed E-state index contributed by atoms with van der Waals surface area (Å²) in [6.45, 7) is 4.31. The Labute approximate surface area is 159 Å². The maximum Gasteiger partial charge on any atom is 0.315 e. The zero-order valence-electron chi connectivity index (χ0n) is 15.6. The average molecular weight is 378 g/mol. The molecule has 2 aliphatic heterocycles. The lowest BCUT2D eigenvalue weighted by Crippen LogP contribution is -2.49. The minimum Gasteiger partial charge on any atom is -0.371 e. The second-order valence-corrected chi connectivity index (χ2v) is 8.09. The molecule has 1 atom stereocenters. The summed E-state index contributed by atoms with van der Waals surface area (Å²) in [5.41, 5.74) is 0.697. The lowest BCUT2D eigenvalue weighted by molar-refractivity contribution is 0.185. The maximum absolute atomic E-state index is 13.4. The lowest BCUT2D eigenvalue weighted by atomic mass is 10.1. The van der Waals surface area contributed by atoms with E-state index >= 15 is 0 Å². The highest BCUT2D eigenvalue weighted by atomic mass is 19.2. The predicted octanol–water partition coefficient (Wildman–Crippen LogP) is 2.72. The Bertz CT molecular complexity index is 674. The molecule has 27 heavy (non-hydrogen) atoms. The van der Waals surface area contributed by atoms with Crippen molar-refractivity contribution in [1.29, 1.82) is 0 Å². The molecule has 1 saturated carbocycles. The van der Waals surface area contributed by atoms with Gasteiger partial charge in [-0.05, 0) is 50.2 Å². The van der Waals surface area contributed by atoms with Crippen molar-refractivity contribution in [2.24, 2.45) is 5.92 Å². The third-order valence-corrected chi connectivity index (χ3v) is 6.03. The maximum atomic E-state index is 13.4. The number of carbonyl (C=O) groups is 1. The number of nitrogens with zero attached hydrogens (tertiary/aromatic N) is 2. The molecular formula is C20H28F2N4O. The number of hydrogen-bond acceptors (Lipinski definition) is 3. The van der Waals surface area contributed by atoms with E-state index in [4.69, 9.17) is 0 Å². The molecule has 1 aromatic carbocycles. The van der Waals surface area contributed by atoms with Gasteiger partial charge in [0, 0.05) is 56.6 Å². The van der Waals surface area contributed by atoms with E-state index < -0.39 is 11.6 Å². The molecule has 5 nitrogen and oxygen atoms in total. The molecule has 0 aromatic heterocycles. The van der Waals surface area contributed by atoms with Gasteiger partial charge in [0.1, 0.15) is 0 Å². The van der Waals surface area contributed by atoms with E-state index in [0.717, 1.165) is 57.5 Å². The van der Waals surface area contributed by atoms with E-state index in [-0.39, 0.29) is 12.1 Å². The quantitative estimate of drug-likeness (QED) is 0.828. The smallest absolute Gasteiger partial charge is 0.315 e. The summed E-state index contributed by atoms with van der Waals surface area (Å²) < 4.78 is 26.5. The van der Waals surface area contributed by atoms with Crippen LogP contribution in [-0.2, 0) is 0 Å². The Morgan fingerprint density at radius 3 is 2.52 bits per heavy atom. The van der Waals surface area contributed by atoms with Crippen molar-refractivity contribution in [2.75, 3.05) is 37.6 Å². The van der Waals surface area contributed by atoms with Crippen LogP contribution >= 0.6 is 0 Å². The summed E-state index contributed by atoms with van der Waals surface area (Å²) in [6, 6.07) is 4.99. The van der Waals surface area contributed by atoms with Gasteiger partial charge in [0.25, 0.3) is 0 Å². The topological polar surface area (TPSA) is 47.6 Å². The first-order valence-electron chi connectivity index (χ1n) is 10.1. The van der Waals surface area contributed by atoms with Crippen molar-refractivity contribution in [2.45, 2.75) is 44.2 Å². The third-order valence-electron chi connectivity index (χ3n) is 6.03. The summed E-state index contributed by atoms with van der Waals surface area (Å²) in [5.74, 6) is -1.32. The number of likely N-dealkylation sites (tertiary alicyclic amines) is 1. The Morgan fingerprint density at radius 2 is 1.81 bits per heavy atom. The van der Waals surface area contributed by atoms with Crippen molar-refractivity contribution in [3.63, 3.8) is 0 Å². The third kappa shape index (κ3) is 4.69. The average Bonchev–Trinajstić information content (AvgIpc) is 3.41. The van der Waals surface area contributed by atoms with Crippen molar-refractivity contribution < 1.29 is 13.6 Å². The zero-order chi connectivity index (χ0) is 18.8. The van der Waals surface area contributed by atoms with Crippen LogP contribution in [0.5, 0.6) is 0 Å². The first-order valence-corrected chi connectivity index (χ1v) is 10.1. The molecule has 0 radical (unpaired) electrons. The number of hydrogen-bond donors (Lipinski definition) is 2. The highest BCUT2D eigenvalue weighted by Gasteiger charge is 2.32. The van der Waals surface area contributed by atoms with Crippen LogP contribution in [0.1, 0.15) is 32.1 Å². The molecule has 0 unspecified atom stereocenters. The van der Waals surface area contributed by atoms with Gasteiger partial charge in [0.05, 0.1) is 0 Å². The molecule has 4 rings (SSSR count). The molecule has 2 saturated heterocycles. The number of nitrogens with one attached hydrogen (secondary N) is 2. The highest BCUT2D eigenvalue weighted by Crippen LogP contribution is 2.29. The van der Waals surface area contributed by atoms with E-state index in [9.17, 15) is 13.6 Å². The molecule has 0 spiro atoms. The number of halogens is 2. The van der Waals surface area contributed by atoms with Crippen molar-refractivity contribution in [1.82, 2.24) is 15.5 Å². The Kier molecular flexibility index (Phi) is 5.48. The number of piperidine rings is 1. The molecule has 2 amide bonds. The summed E-state index contributed by atoms with van der Waals surface area (Å²) in [7, 11) is 0. The number of anilines is 1. The van der Waals surface area contributed by atoms with Gasteiger partial charge in [-0.15, -0.1) is 0 Å². The number of urea groups is 1. The van der Waals surface area contributed by atoms with Crippen LogP contribution in [-0.4, -0.2) is 55.7 Å². The summed E-state index contributed by atoms with van der Waals surface area (Å²) >= 11 is 0. The second kappa shape index (κ2) is 8.00. The minimum absolute atomic E-state index is 0.0915. The Balaban J connectivity index is 1.17. The van der Waals surface area contributed by atoms with E-state index in [1.165, 1.54) is 18.9 Å². The van der Waals surface area contributed by atoms with Crippen LogP contribution in [0.25, 0.3) is 0 Å². The van der Waals surface area contributed by atoms with Crippen molar-refractivity contribution >= 4 is 11.7 Å². The predicted molar refractivity (Wildman–Crippen MR) is 101 cm³/mol. The molecule has 3 aliphatic rings. The Morgan fingerprint density at radius 1 is 1.04 bits per heavy atom. The van der Waals surface area contributed by atoms with Gasteiger partial charge in [0.2, 0.25) is 0 Å². The van der Waals surface area contributed by atoms with Gasteiger partial charge in [-0.2, -0.15) is 0 Å². The van der Waals surface area contributed by atoms with Crippen LogP contribution in [0.4, 0.5) is 19.3 Å². The molecule has 148 valence electrons. The molecule has 2 heterocycles. The SMILES string of the molecule is O=C(NC[C@@H]1CCN(c2ccc(F)c(F)c2)C1)NC1CCN(C2CC2)CC1. The fourth-order valence-electron chi connectivity index (χ4n) is 4.24. The van der Waals surface area contributed by atoms with Gasteiger partial charge in [-0.25, -0.2) is 13.6 Å². The molecule has 2 N–H and O–H groups in total. The lowest BCUT2D eigenvalue weighted by Gasteiger charge is -2.32. The summed E-state index contributed by atoms with van der Waals surface area (Å²) in [6.07, 6.45) is 5.65. The monoisotopic (exact) mass is 378 g/mol. The van der Waals surface area contributed by atoms with E-state index in [0.29, 0.717) is 18.2 Å². The molecule has 0 bridgehead atoms. The molecule has 3 fully saturated rings. The Hall–Kier alpha value is -1.89. The summed E-state index contributed by atoms with van der Waals surface area (Å²) in [5, 5.41) is 6.08. The molecular weight excluding hydrogens is 350 g/mol. The van der Waals surface area contributed by atoms with Crippen LogP contribution < -0.4 is 15.5 Å². The standard InChI is InChI=1S/C20H28F2N4O/c21-18-4-3-17(11-19(18)22)26-8-5-14(13-26)12-23-20(27)24-15-6-9-25(10-7-15)16-1-2-16/h3-4,11,14-16H,1-2,5-10,12-13H2,(H2,23,24,27)/t14-/m0/s1. The van der Waals surface area contributed by atoms with Crippen LogP contribution in [0, 0.1) is 17.6 Å². The van der Waals surface area contributed by atoms with Gasteiger partial charge >= 0.3 is 6.03 Å². The number of carbonyl (C=O) groups excluding carboxylic acids is 1. The largest absolute Gasteiger partial charge is 0.371 e. The first kappa shape index (κ1) is 18.5. The minimum atomic E-state index is -0.823. The fraction of sp³-hybridized carbons (Fsp3) is 0.650. The number of rotatable bonds is 5. The fourth-order valence-corrected chi connectivity index (χ4v) is 4.24. The molecule has 1 aliphatic carbocycles. The van der Waals surface area contributed by atoms with Gasteiger partial charge in [0.15, 0.2) is 11.6 Å². The van der Waals surface area contributed by atoms with Gasteiger partial charge in [-0.3, -0.25) is 0 Å². The molecule has 7 heteroatoms. The highest BCUT2D eigenvalue weighted by molar-refractivity contribution is 5.74. The second-order valence-electron chi connectivity index (χ2n) is 8.09. The number of amides is 2. The van der Waals surface area contributed by atoms with E-state index in [1.54, 1.807) is 6.07 Å². The van der Waals surface area contributed by atoms with Gasteiger partial charge in [-0.1, -0.05) is 0 Å².